The lowest BCUT2D eigenvalue weighted by Crippen LogP contribution is -2.05. The first-order valence-corrected chi connectivity index (χ1v) is 10.3. The van der Waals surface area contributed by atoms with Crippen molar-refractivity contribution >= 4 is 23.2 Å². The number of rotatable bonds is 7. The van der Waals surface area contributed by atoms with Crippen molar-refractivity contribution in [1.29, 1.82) is 0 Å². The van der Waals surface area contributed by atoms with E-state index < -0.39 is 4.92 Å². The van der Waals surface area contributed by atoms with Crippen molar-refractivity contribution in [3.05, 3.63) is 94.3 Å². The minimum absolute atomic E-state index is 0.0515. The van der Waals surface area contributed by atoms with Gasteiger partial charge in [-0.1, -0.05) is 29.5 Å². The van der Waals surface area contributed by atoms with Gasteiger partial charge < -0.3 is 0 Å². The van der Waals surface area contributed by atoms with Crippen molar-refractivity contribution in [3.8, 4) is 17.1 Å². The first kappa shape index (κ1) is 20.4. The number of non-ortho nitro benzene ring substituents is 1. The number of thioether (sulfide) groups is 1. The van der Waals surface area contributed by atoms with Gasteiger partial charge >= 0.3 is 0 Å². The summed E-state index contributed by atoms with van der Waals surface area (Å²) in [6.07, 6.45) is 3.40. The van der Waals surface area contributed by atoms with E-state index in [0.29, 0.717) is 16.5 Å². The Morgan fingerprint density at radius 1 is 1.06 bits per heavy atom. The maximum absolute atomic E-state index is 12.6. The third-order valence-corrected chi connectivity index (χ3v) is 5.51. The van der Waals surface area contributed by atoms with E-state index in [1.807, 2.05) is 47.9 Å². The lowest BCUT2D eigenvalue weighted by atomic mass is 10.1. The van der Waals surface area contributed by atoms with E-state index in [4.69, 9.17) is 0 Å². The van der Waals surface area contributed by atoms with Gasteiger partial charge in [0.15, 0.2) is 16.8 Å². The number of carbonyl (C=O) groups excluding carboxylic acids is 1. The molecule has 8 nitrogen and oxygen atoms in total. The highest BCUT2D eigenvalue weighted by Crippen LogP contribution is 2.28. The first-order valence-electron chi connectivity index (χ1n) is 9.36. The molecule has 0 unspecified atom stereocenters. The molecule has 0 aliphatic rings. The predicted molar refractivity (Wildman–Crippen MR) is 117 cm³/mol. The summed E-state index contributed by atoms with van der Waals surface area (Å²) in [4.78, 5) is 27.1. The Bertz CT molecular complexity index is 1220. The minimum atomic E-state index is -0.493. The number of benzene rings is 2. The van der Waals surface area contributed by atoms with Crippen LogP contribution in [0.4, 0.5) is 5.69 Å². The molecule has 0 atom stereocenters. The SMILES string of the molecule is Cc1ccc(-n2c(SCC(=O)c3ccc([N+](=O)[O-])cc3)nnc2-c2cccnc2)cc1. The standard InChI is InChI=1S/C22H17N5O3S/c1-15-4-8-18(9-5-15)26-21(17-3-2-12-23-13-17)24-25-22(26)31-14-20(28)16-6-10-19(11-7-16)27(29)30/h2-13H,14H2,1H3. The topological polar surface area (TPSA) is 104 Å². The normalized spacial score (nSPS) is 10.7. The Morgan fingerprint density at radius 3 is 2.45 bits per heavy atom. The average Bonchev–Trinajstić information content (AvgIpc) is 3.22. The zero-order valence-corrected chi connectivity index (χ0v) is 17.3. The summed E-state index contributed by atoms with van der Waals surface area (Å²) >= 11 is 1.26. The molecule has 4 rings (SSSR count). The van der Waals surface area contributed by atoms with Gasteiger partial charge in [0, 0.05) is 41.3 Å². The van der Waals surface area contributed by atoms with Crippen LogP contribution in [0.1, 0.15) is 15.9 Å². The van der Waals surface area contributed by atoms with Crippen molar-refractivity contribution < 1.29 is 9.72 Å². The Hall–Kier alpha value is -3.85. The Morgan fingerprint density at radius 2 is 1.81 bits per heavy atom. The second-order valence-electron chi connectivity index (χ2n) is 6.73. The quantitative estimate of drug-likeness (QED) is 0.183. The van der Waals surface area contributed by atoms with Crippen LogP contribution in [0.25, 0.3) is 17.1 Å². The number of nitro groups is 1. The van der Waals surface area contributed by atoms with E-state index in [1.54, 1.807) is 12.4 Å². The Balaban J connectivity index is 1.62. The molecule has 154 valence electrons. The van der Waals surface area contributed by atoms with Gasteiger partial charge in [-0.2, -0.15) is 0 Å². The number of pyridine rings is 1. The number of aryl methyl sites for hydroxylation is 1. The molecule has 2 aromatic heterocycles. The summed E-state index contributed by atoms with van der Waals surface area (Å²) < 4.78 is 1.89. The smallest absolute Gasteiger partial charge is 0.269 e. The lowest BCUT2D eigenvalue weighted by molar-refractivity contribution is -0.384. The van der Waals surface area contributed by atoms with E-state index >= 15 is 0 Å². The van der Waals surface area contributed by atoms with Crippen LogP contribution >= 0.6 is 11.8 Å². The number of aromatic nitrogens is 4. The zero-order chi connectivity index (χ0) is 21.8. The number of hydrogen-bond acceptors (Lipinski definition) is 7. The maximum atomic E-state index is 12.6. The molecule has 0 N–H and O–H groups in total. The van der Waals surface area contributed by atoms with Crippen molar-refractivity contribution in [2.24, 2.45) is 0 Å². The summed E-state index contributed by atoms with van der Waals surface area (Å²) in [7, 11) is 0. The number of nitrogens with zero attached hydrogens (tertiary/aromatic N) is 5. The monoisotopic (exact) mass is 431 g/mol. The van der Waals surface area contributed by atoms with Gasteiger partial charge in [-0.3, -0.25) is 24.5 Å². The highest BCUT2D eigenvalue weighted by Gasteiger charge is 2.18. The molecule has 0 amide bonds. The van der Waals surface area contributed by atoms with E-state index in [-0.39, 0.29) is 17.2 Å². The van der Waals surface area contributed by atoms with Crippen LogP contribution in [-0.2, 0) is 0 Å². The average molecular weight is 431 g/mol. The summed E-state index contributed by atoms with van der Waals surface area (Å²) in [5.41, 5.74) is 3.17. The van der Waals surface area contributed by atoms with Gasteiger partial charge in [-0.05, 0) is 43.3 Å². The van der Waals surface area contributed by atoms with Gasteiger partial charge in [0.2, 0.25) is 0 Å². The third-order valence-electron chi connectivity index (χ3n) is 4.58. The molecular weight excluding hydrogens is 414 g/mol. The number of carbonyl (C=O) groups is 1. The molecule has 0 fully saturated rings. The van der Waals surface area contributed by atoms with Crippen molar-refractivity contribution in [2.75, 3.05) is 5.75 Å². The summed E-state index contributed by atoms with van der Waals surface area (Å²) in [5.74, 6) is 0.595. The van der Waals surface area contributed by atoms with Gasteiger partial charge in [-0.15, -0.1) is 10.2 Å². The van der Waals surface area contributed by atoms with Crippen LogP contribution < -0.4 is 0 Å². The highest BCUT2D eigenvalue weighted by molar-refractivity contribution is 7.99. The van der Waals surface area contributed by atoms with Gasteiger partial charge in [-0.25, -0.2) is 0 Å². The Kier molecular flexibility index (Phi) is 5.85. The molecule has 0 bridgehead atoms. The molecule has 0 aliphatic carbocycles. The first-order chi connectivity index (χ1) is 15.0. The largest absolute Gasteiger partial charge is 0.293 e. The van der Waals surface area contributed by atoms with Gasteiger partial charge in [0.1, 0.15) is 0 Å². The van der Waals surface area contributed by atoms with Crippen molar-refractivity contribution in [1.82, 2.24) is 19.7 Å². The second kappa shape index (κ2) is 8.88. The lowest BCUT2D eigenvalue weighted by Gasteiger charge is -2.10. The minimum Gasteiger partial charge on any atom is -0.293 e. The van der Waals surface area contributed by atoms with Crippen LogP contribution in [0.15, 0.2) is 78.2 Å². The Labute approximate surface area is 182 Å². The molecule has 2 heterocycles. The van der Waals surface area contributed by atoms with Crippen molar-refractivity contribution in [3.63, 3.8) is 0 Å². The van der Waals surface area contributed by atoms with Crippen LogP contribution in [0.3, 0.4) is 0 Å². The fraction of sp³-hybridized carbons (Fsp3) is 0.0909. The molecule has 9 heteroatoms. The molecular formula is C22H17N5O3S. The molecule has 31 heavy (non-hydrogen) atoms. The van der Waals surface area contributed by atoms with Gasteiger partial charge in [0.05, 0.1) is 10.7 Å². The zero-order valence-electron chi connectivity index (χ0n) is 16.5. The van der Waals surface area contributed by atoms with Crippen molar-refractivity contribution in [2.45, 2.75) is 12.1 Å². The predicted octanol–water partition coefficient (Wildman–Crippen LogP) is 4.52. The molecule has 0 saturated heterocycles. The highest BCUT2D eigenvalue weighted by atomic mass is 32.2. The van der Waals surface area contributed by atoms with E-state index in [1.165, 1.54) is 36.0 Å². The van der Waals surface area contributed by atoms with Crippen LogP contribution in [0, 0.1) is 17.0 Å². The number of hydrogen-bond donors (Lipinski definition) is 0. The fourth-order valence-electron chi connectivity index (χ4n) is 2.95. The van der Waals surface area contributed by atoms with Crippen LogP contribution in [0.5, 0.6) is 0 Å². The summed E-state index contributed by atoms with van der Waals surface area (Å²) in [6.45, 7) is 2.01. The number of Topliss-reactive ketones (excluding diaryl/α,β-unsaturated/α-hetero) is 1. The summed E-state index contributed by atoms with van der Waals surface area (Å²) in [5, 5.41) is 20.0. The molecule has 0 radical (unpaired) electrons. The van der Waals surface area contributed by atoms with E-state index in [0.717, 1.165) is 16.8 Å². The fourth-order valence-corrected chi connectivity index (χ4v) is 3.80. The number of ketones is 1. The number of nitro benzene ring substituents is 1. The van der Waals surface area contributed by atoms with E-state index in [9.17, 15) is 14.9 Å². The van der Waals surface area contributed by atoms with Gasteiger partial charge in [0.25, 0.3) is 5.69 Å². The molecule has 2 aromatic carbocycles. The summed E-state index contributed by atoms with van der Waals surface area (Å²) in [6, 6.07) is 17.3. The molecule has 0 saturated carbocycles. The molecule has 4 aromatic rings. The van der Waals surface area contributed by atoms with Crippen LogP contribution in [0.2, 0.25) is 0 Å². The molecule has 0 aliphatic heterocycles. The third kappa shape index (κ3) is 4.51. The molecule has 0 spiro atoms. The second-order valence-corrected chi connectivity index (χ2v) is 7.68. The van der Waals surface area contributed by atoms with Crippen LogP contribution in [-0.4, -0.2) is 36.2 Å². The maximum Gasteiger partial charge on any atom is 0.269 e. The van der Waals surface area contributed by atoms with E-state index in [2.05, 4.69) is 15.2 Å².